The second-order valence-corrected chi connectivity index (χ2v) is 5.93. The summed E-state index contributed by atoms with van der Waals surface area (Å²) in [4.78, 5) is 21.3. The Labute approximate surface area is 92.6 Å². The van der Waals surface area contributed by atoms with Gasteiger partial charge in [0.05, 0.1) is 4.92 Å². The minimum Gasteiger partial charge on any atom is -0.266 e. The van der Waals surface area contributed by atoms with Crippen LogP contribution in [0.4, 0.5) is 5.69 Å². The Hall–Kier alpha value is -1.76. The third kappa shape index (κ3) is 3.43. The highest BCUT2D eigenvalue weighted by Gasteiger charge is 2.11. The van der Waals surface area contributed by atoms with Crippen LogP contribution in [0.2, 0.25) is 0 Å². The molecule has 0 aliphatic rings. The number of amides is 1. The number of hydrogen-bond donors (Lipinski definition) is 0. The highest BCUT2D eigenvalue weighted by atomic mass is 32.2. The van der Waals surface area contributed by atoms with E-state index in [1.807, 2.05) is 0 Å². The predicted octanol–water partition coefficient (Wildman–Crippen LogP) is 1.46. The number of hydrogen-bond acceptors (Lipinski definition) is 4. The van der Waals surface area contributed by atoms with Crippen molar-refractivity contribution in [2.75, 3.05) is 12.5 Å². The summed E-state index contributed by atoms with van der Waals surface area (Å²) in [5.41, 5.74) is -0.134. The summed E-state index contributed by atoms with van der Waals surface area (Å²) in [7, 11) is -2.55. The molecule has 0 unspecified atom stereocenters. The van der Waals surface area contributed by atoms with Gasteiger partial charge < -0.3 is 0 Å². The molecule has 0 fully saturated rings. The van der Waals surface area contributed by atoms with Crippen molar-refractivity contribution >= 4 is 21.3 Å². The summed E-state index contributed by atoms with van der Waals surface area (Å²) in [6, 6.07) is 5.15. The van der Waals surface area contributed by atoms with Crippen LogP contribution in [0.1, 0.15) is 10.4 Å². The van der Waals surface area contributed by atoms with Gasteiger partial charge in [-0.3, -0.25) is 14.9 Å². The molecule has 0 atom stereocenters. The first-order valence-corrected chi connectivity index (χ1v) is 6.59. The fourth-order valence-corrected chi connectivity index (χ4v) is 1.51. The molecule has 0 bridgehead atoms. The number of nitrogens with zero attached hydrogens (tertiary/aromatic N) is 2. The highest BCUT2D eigenvalue weighted by molar-refractivity contribution is 7.92. The van der Waals surface area contributed by atoms with E-state index in [9.17, 15) is 19.1 Å². The zero-order chi connectivity index (χ0) is 12.3. The fourth-order valence-electron chi connectivity index (χ4n) is 1.00. The maximum Gasteiger partial charge on any atom is 0.285 e. The van der Waals surface area contributed by atoms with Crippen molar-refractivity contribution in [2.45, 2.75) is 0 Å². The minimum absolute atomic E-state index is 0.0608. The maximum atomic E-state index is 11.5. The Kier molecular flexibility index (Phi) is 3.38. The third-order valence-corrected chi connectivity index (χ3v) is 2.21. The molecule has 1 aromatic rings. The topological polar surface area (TPSA) is 89.6 Å². The van der Waals surface area contributed by atoms with E-state index in [1.165, 1.54) is 30.7 Å². The molecule has 0 saturated carbocycles. The van der Waals surface area contributed by atoms with Crippen molar-refractivity contribution in [1.82, 2.24) is 0 Å². The second-order valence-electron chi connectivity index (χ2n) is 3.39. The molecule has 7 heteroatoms. The van der Waals surface area contributed by atoms with E-state index in [0.717, 1.165) is 6.07 Å². The fraction of sp³-hybridized carbons (Fsp3) is 0.222. The zero-order valence-corrected chi connectivity index (χ0v) is 9.56. The van der Waals surface area contributed by atoms with E-state index in [2.05, 4.69) is 4.36 Å². The summed E-state index contributed by atoms with van der Waals surface area (Å²) in [5, 5.41) is 10.5. The zero-order valence-electron chi connectivity index (χ0n) is 8.75. The Bertz CT molecular complexity index is 550. The number of carbonyl (C=O) groups is 1. The molecule has 6 nitrogen and oxygen atoms in total. The van der Waals surface area contributed by atoms with E-state index in [-0.39, 0.29) is 11.3 Å². The van der Waals surface area contributed by atoms with Crippen LogP contribution in [0.3, 0.4) is 0 Å². The van der Waals surface area contributed by atoms with Crippen LogP contribution in [0.5, 0.6) is 0 Å². The van der Waals surface area contributed by atoms with Crippen LogP contribution in [-0.2, 0) is 9.73 Å². The van der Waals surface area contributed by atoms with Gasteiger partial charge in [-0.05, 0) is 6.07 Å². The molecule has 1 amide bonds. The number of nitro groups is 1. The average Bonchev–Trinajstić information content (AvgIpc) is 2.15. The number of rotatable bonds is 2. The normalized spacial score (nSPS) is 10.9. The van der Waals surface area contributed by atoms with Crippen molar-refractivity contribution < 1.29 is 13.9 Å². The van der Waals surface area contributed by atoms with E-state index < -0.39 is 20.6 Å². The van der Waals surface area contributed by atoms with Gasteiger partial charge in [0.2, 0.25) is 0 Å². The lowest BCUT2D eigenvalue weighted by atomic mass is 10.2. The lowest BCUT2D eigenvalue weighted by Crippen LogP contribution is -2.01. The Morgan fingerprint density at radius 3 is 2.56 bits per heavy atom. The minimum atomic E-state index is -2.55. The van der Waals surface area contributed by atoms with Gasteiger partial charge in [-0.1, -0.05) is 6.07 Å². The number of benzene rings is 1. The first kappa shape index (κ1) is 12.3. The number of nitro benzene ring substituents is 1. The summed E-state index contributed by atoms with van der Waals surface area (Å²) < 4.78 is 14.7. The average molecular weight is 242 g/mol. The lowest BCUT2D eigenvalue weighted by molar-refractivity contribution is -0.384. The van der Waals surface area contributed by atoms with Gasteiger partial charge in [-0.15, -0.1) is 0 Å². The molecule has 0 N–H and O–H groups in total. The van der Waals surface area contributed by atoms with Crippen LogP contribution in [0.25, 0.3) is 0 Å². The molecule has 0 heterocycles. The van der Waals surface area contributed by atoms with E-state index in [4.69, 9.17) is 0 Å². The van der Waals surface area contributed by atoms with Gasteiger partial charge in [0.25, 0.3) is 11.6 Å². The molecule has 0 radical (unpaired) electrons. The number of carbonyl (C=O) groups excluding carboxylic acids is 1. The number of non-ortho nitro benzene ring substituents is 1. The van der Waals surface area contributed by atoms with Crippen LogP contribution in [0.15, 0.2) is 28.6 Å². The molecule has 0 saturated heterocycles. The molecule has 1 aromatic carbocycles. The van der Waals surface area contributed by atoms with Gasteiger partial charge >= 0.3 is 0 Å². The standard InChI is InChI=1S/C9H10N2O4S/c1-16(2,15)10-9(12)7-4-3-5-8(6-7)11(13)14/h3-6H,1-2H3. The first-order valence-electron chi connectivity index (χ1n) is 4.25. The maximum absolute atomic E-state index is 11.5. The Morgan fingerprint density at radius 1 is 1.44 bits per heavy atom. The largest absolute Gasteiger partial charge is 0.285 e. The summed E-state index contributed by atoms with van der Waals surface area (Å²) >= 11 is 0. The molecule has 1 rings (SSSR count). The predicted molar refractivity (Wildman–Crippen MR) is 59.8 cm³/mol. The molecule has 0 aliphatic heterocycles. The van der Waals surface area contributed by atoms with Crippen LogP contribution >= 0.6 is 0 Å². The Morgan fingerprint density at radius 2 is 2.06 bits per heavy atom. The molecule has 0 aliphatic carbocycles. The van der Waals surface area contributed by atoms with E-state index >= 15 is 0 Å². The van der Waals surface area contributed by atoms with E-state index in [1.54, 1.807) is 0 Å². The quantitative estimate of drug-likeness (QED) is 0.580. The SMILES string of the molecule is CS(C)(=O)=NC(=O)c1cccc([N+](=O)[O-])c1. The molecular weight excluding hydrogens is 232 g/mol. The monoisotopic (exact) mass is 242 g/mol. The van der Waals surface area contributed by atoms with Crippen LogP contribution in [0, 0.1) is 10.1 Å². The molecule has 0 aromatic heterocycles. The van der Waals surface area contributed by atoms with Crippen molar-refractivity contribution in [3.63, 3.8) is 0 Å². The third-order valence-electron chi connectivity index (χ3n) is 1.61. The highest BCUT2D eigenvalue weighted by Crippen LogP contribution is 2.14. The molecule has 86 valence electrons. The van der Waals surface area contributed by atoms with Gasteiger partial charge in [0.1, 0.15) is 0 Å². The first-order chi connectivity index (χ1) is 7.29. The van der Waals surface area contributed by atoms with Crippen molar-refractivity contribution in [3.05, 3.63) is 39.9 Å². The summed E-state index contributed by atoms with van der Waals surface area (Å²) in [6.07, 6.45) is 2.64. The summed E-state index contributed by atoms with van der Waals surface area (Å²) in [6.45, 7) is 0. The lowest BCUT2D eigenvalue weighted by Gasteiger charge is -1.97. The molecule has 16 heavy (non-hydrogen) atoms. The van der Waals surface area contributed by atoms with Gasteiger partial charge in [-0.25, -0.2) is 4.21 Å². The van der Waals surface area contributed by atoms with Crippen molar-refractivity contribution in [1.29, 1.82) is 0 Å². The van der Waals surface area contributed by atoms with Gasteiger partial charge in [0, 0.05) is 39.9 Å². The molecule has 0 spiro atoms. The summed E-state index contributed by atoms with van der Waals surface area (Å²) in [5.74, 6) is -0.710. The van der Waals surface area contributed by atoms with Gasteiger partial charge in [-0.2, -0.15) is 4.36 Å². The van der Waals surface area contributed by atoms with E-state index in [0.29, 0.717) is 0 Å². The Balaban J connectivity index is 3.16. The van der Waals surface area contributed by atoms with Crippen LogP contribution in [-0.4, -0.2) is 27.6 Å². The van der Waals surface area contributed by atoms with Crippen molar-refractivity contribution in [2.24, 2.45) is 4.36 Å². The second kappa shape index (κ2) is 4.40. The van der Waals surface area contributed by atoms with Gasteiger partial charge in [0.15, 0.2) is 0 Å². The smallest absolute Gasteiger partial charge is 0.266 e. The van der Waals surface area contributed by atoms with Crippen molar-refractivity contribution in [3.8, 4) is 0 Å². The molecular formula is C9H10N2O4S. The van der Waals surface area contributed by atoms with Crippen LogP contribution < -0.4 is 0 Å².